The van der Waals surface area contributed by atoms with Crippen LogP contribution in [-0.2, 0) is 9.22 Å². The second-order valence-electron chi connectivity index (χ2n) is 9.84. The predicted molar refractivity (Wildman–Crippen MR) is 129 cm³/mol. The molecule has 2 atom stereocenters. The first kappa shape index (κ1) is 25.2. The number of amides is 1. The van der Waals surface area contributed by atoms with Crippen molar-refractivity contribution in [3.8, 4) is 0 Å². The van der Waals surface area contributed by atoms with Gasteiger partial charge in [0.15, 0.2) is 8.32 Å². The van der Waals surface area contributed by atoms with E-state index in [0.717, 1.165) is 6.07 Å². The number of hydrogen-bond donors (Lipinski definition) is 0. The molecule has 0 aromatic heterocycles. The lowest BCUT2D eigenvalue weighted by atomic mass is 9.87. The maximum Gasteiger partial charge on any atom is 0.227 e. The molecule has 2 unspecified atom stereocenters. The Bertz CT molecular complexity index is 990. The molecule has 3 rings (SSSR count). The molecular formula is C24H29Cl2F2NO2Si. The summed E-state index contributed by atoms with van der Waals surface area (Å²) in [6, 6.07) is 8.67. The summed E-state index contributed by atoms with van der Waals surface area (Å²) in [6.07, 6.45) is 0.147. The first-order valence-corrected chi connectivity index (χ1v) is 14.4. The van der Waals surface area contributed by atoms with Gasteiger partial charge >= 0.3 is 0 Å². The third kappa shape index (κ3) is 5.19. The largest absolute Gasteiger partial charge is 0.409 e. The molecule has 0 N–H and O–H groups in total. The van der Waals surface area contributed by atoms with Crippen LogP contribution in [-0.4, -0.2) is 20.8 Å². The van der Waals surface area contributed by atoms with E-state index in [1.165, 1.54) is 12.1 Å². The summed E-state index contributed by atoms with van der Waals surface area (Å²) in [6.45, 7) is 10.8. The van der Waals surface area contributed by atoms with Crippen molar-refractivity contribution in [1.29, 1.82) is 0 Å². The fraction of sp³-hybridized carbons (Fsp3) is 0.458. The van der Waals surface area contributed by atoms with Gasteiger partial charge in [0.2, 0.25) is 5.91 Å². The summed E-state index contributed by atoms with van der Waals surface area (Å²) >= 11 is 12.8. The molecule has 2 aromatic rings. The van der Waals surface area contributed by atoms with E-state index in [4.69, 9.17) is 27.6 Å². The summed E-state index contributed by atoms with van der Waals surface area (Å²) in [4.78, 5) is 14.4. The molecule has 1 aliphatic rings. The van der Waals surface area contributed by atoms with E-state index in [1.54, 1.807) is 23.1 Å². The summed E-state index contributed by atoms with van der Waals surface area (Å²) in [7, 11) is -2.33. The molecule has 174 valence electrons. The van der Waals surface area contributed by atoms with Gasteiger partial charge in [-0.15, -0.1) is 0 Å². The monoisotopic (exact) mass is 499 g/mol. The number of halogens is 4. The SMILES string of the molecule is CC(C)(C)[Si](C)(C)OC(c1ccc(F)cc1F)C1CCC(=O)N(c2c(Cl)cccc2Cl)C1. The maximum atomic E-state index is 14.9. The molecule has 1 saturated heterocycles. The van der Waals surface area contributed by atoms with Crippen molar-refractivity contribution >= 4 is 43.1 Å². The maximum absolute atomic E-state index is 14.9. The van der Waals surface area contributed by atoms with Gasteiger partial charge in [-0.1, -0.05) is 56.1 Å². The van der Waals surface area contributed by atoms with Crippen LogP contribution in [0.4, 0.5) is 14.5 Å². The highest BCUT2D eigenvalue weighted by Gasteiger charge is 2.43. The zero-order valence-electron chi connectivity index (χ0n) is 19.0. The number of hydrogen-bond acceptors (Lipinski definition) is 2. The molecule has 0 bridgehead atoms. The lowest BCUT2D eigenvalue weighted by Gasteiger charge is -2.44. The Balaban J connectivity index is 2.03. The average Bonchev–Trinajstić information content (AvgIpc) is 2.67. The van der Waals surface area contributed by atoms with Crippen molar-refractivity contribution in [2.75, 3.05) is 11.4 Å². The lowest BCUT2D eigenvalue weighted by Crippen LogP contribution is -2.47. The van der Waals surface area contributed by atoms with E-state index >= 15 is 0 Å². The molecule has 3 nitrogen and oxygen atoms in total. The van der Waals surface area contributed by atoms with Gasteiger partial charge in [-0.3, -0.25) is 4.79 Å². The van der Waals surface area contributed by atoms with Crippen molar-refractivity contribution in [2.24, 2.45) is 5.92 Å². The molecule has 2 aromatic carbocycles. The number of nitrogens with zero attached hydrogens (tertiary/aromatic N) is 1. The Hall–Kier alpha value is -1.47. The normalized spacial score (nSPS) is 18.7. The molecule has 0 spiro atoms. The molecule has 1 fully saturated rings. The van der Waals surface area contributed by atoms with Crippen molar-refractivity contribution in [1.82, 2.24) is 0 Å². The second kappa shape index (κ2) is 9.41. The van der Waals surface area contributed by atoms with Crippen LogP contribution in [0.25, 0.3) is 0 Å². The predicted octanol–water partition coefficient (Wildman–Crippen LogP) is 7.78. The quantitative estimate of drug-likeness (QED) is 0.393. The van der Waals surface area contributed by atoms with Gasteiger partial charge in [-0.05, 0) is 42.8 Å². The molecular weight excluding hydrogens is 471 g/mol. The lowest BCUT2D eigenvalue weighted by molar-refractivity contribution is -0.120. The van der Waals surface area contributed by atoms with Gasteiger partial charge in [-0.2, -0.15) is 0 Å². The Morgan fingerprint density at radius 3 is 2.31 bits per heavy atom. The van der Waals surface area contributed by atoms with E-state index in [1.807, 2.05) is 0 Å². The number of anilines is 1. The standard InChI is InChI=1S/C24H29Cl2F2NO2Si/c1-24(2,3)32(4,5)31-23(17-11-10-16(27)13-20(17)28)15-9-12-21(30)29(14-15)22-18(25)7-6-8-19(22)26/h6-8,10-11,13,15,23H,9,12,14H2,1-5H3. The van der Waals surface area contributed by atoms with Crippen molar-refractivity contribution in [3.63, 3.8) is 0 Å². The minimum absolute atomic E-state index is 0.0955. The molecule has 0 saturated carbocycles. The smallest absolute Gasteiger partial charge is 0.227 e. The van der Waals surface area contributed by atoms with Gasteiger partial charge in [0.25, 0.3) is 0 Å². The number of piperidine rings is 1. The minimum atomic E-state index is -2.33. The average molecular weight is 500 g/mol. The Labute approximate surface area is 199 Å². The van der Waals surface area contributed by atoms with E-state index in [9.17, 15) is 13.6 Å². The Morgan fingerprint density at radius 2 is 1.75 bits per heavy atom. The first-order valence-electron chi connectivity index (χ1n) is 10.7. The van der Waals surface area contributed by atoms with Crippen LogP contribution in [0, 0.1) is 17.6 Å². The van der Waals surface area contributed by atoms with Crippen LogP contribution < -0.4 is 4.90 Å². The van der Waals surface area contributed by atoms with Gasteiger partial charge in [0.05, 0.1) is 21.8 Å². The summed E-state index contributed by atoms with van der Waals surface area (Å²) in [5, 5.41) is 0.639. The van der Waals surface area contributed by atoms with Crippen LogP contribution >= 0.6 is 23.2 Å². The highest BCUT2D eigenvalue weighted by atomic mass is 35.5. The number of para-hydroxylation sites is 1. The molecule has 8 heteroatoms. The van der Waals surface area contributed by atoms with Gasteiger partial charge in [0.1, 0.15) is 11.6 Å². The molecule has 0 radical (unpaired) electrons. The van der Waals surface area contributed by atoms with Gasteiger partial charge in [0, 0.05) is 30.5 Å². The molecule has 0 aliphatic carbocycles. The minimum Gasteiger partial charge on any atom is -0.409 e. The Kier molecular flexibility index (Phi) is 7.40. The third-order valence-electron chi connectivity index (χ3n) is 6.58. The third-order valence-corrected chi connectivity index (χ3v) is 11.6. The van der Waals surface area contributed by atoms with Crippen LogP contribution in [0.3, 0.4) is 0 Å². The van der Waals surface area contributed by atoms with E-state index in [-0.39, 0.29) is 29.8 Å². The molecule has 1 amide bonds. The van der Waals surface area contributed by atoms with Gasteiger partial charge in [-0.25, -0.2) is 8.78 Å². The number of carbonyl (C=O) groups is 1. The van der Waals surface area contributed by atoms with E-state index in [0.29, 0.717) is 27.7 Å². The highest BCUT2D eigenvalue weighted by molar-refractivity contribution is 6.74. The van der Waals surface area contributed by atoms with E-state index in [2.05, 4.69) is 33.9 Å². The fourth-order valence-corrected chi connectivity index (χ4v) is 5.63. The highest BCUT2D eigenvalue weighted by Crippen LogP contribution is 2.45. The molecule has 1 heterocycles. The first-order chi connectivity index (χ1) is 14.8. The number of carbonyl (C=O) groups excluding carboxylic acids is 1. The molecule has 32 heavy (non-hydrogen) atoms. The Morgan fingerprint density at radius 1 is 1.12 bits per heavy atom. The zero-order chi connectivity index (χ0) is 23.8. The number of benzene rings is 2. The topological polar surface area (TPSA) is 29.5 Å². The van der Waals surface area contributed by atoms with Crippen LogP contribution in [0.5, 0.6) is 0 Å². The van der Waals surface area contributed by atoms with Crippen LogP contribution in [0.1, 0.15) is 45.3 Å². The fourth-order valence-electron chi connectivity index (χ4n) is 3.72. The number of rotatable bonds is 5. The summed E-state index contributed by atoms with van der Waals surface area (Å²) < 4.78 is 35.3. The van der Waals surface area contributed by atoms with Crippen LogP contribution in [0.2, 0.25) is 28.2 Å². The zero-order valence-corrected chi connectivity index (χ0v) is 21.5. The van der Waals surface area contributed by atoms with Gasteiger partial charge < -0.3 is 9.33 Å². The van der Waals surface area contributed by atoms with Crippen molar-refractivity contribution in [2.45, 2.75) is 57.8 Å². The summed E-state index contributed by atoms with van der Waals surface area (Å²) in [5.41, 5.74) is 0.761. The van der Waals surface area contributed by atoms with Crippen molar-refractivity contribution in [3.05, 3.63) is 63.6 Å². The van der Waals surface area contributed by atoms with Crippen LogP contribution in [0.15, 0.2) is 36.4 Å². The van der Waals surface area contributed by atoms with E-state index < -0.39 is 26.1 Å². The second-order valence-corrected chi connectivity index (χ2v) is 15.4. The van der Waals surface area contributed by atoms with Crippen molar-refractivity contribution < 1.29 is 18.0 Å². The summed E-state index contributed by atoms with van der Waals surface area (Å²) in [5.74, 6) is -1.59. The molecule has 1 aliphatic heterocycles.